The second-order valence-electron chi connectivity index (χ2n) is 4.11. The van der Waals surface area contributed by atoms with E-state index in [0.717, 1.165) is 10.7 Å². The predicted octanol–water partition coefficient (Wildman–Crippen LogP) is 5.45. The molecule has 0 aromatic heterocycles. The van der Waals surface area contributed by atoms with Crippen LogP contribution in [0.5, 0.6) is 0 Å². The highest BCUT2D eigenvalue weighted by molar-refractivity contribution is 9.08. The first-order valence-electron chi connectivity index (χ1n) is 5.55. The van der Waals surface area contributed by atoms with E-state index < -0.39 is 0 Å². The van der Waals surface area contributed by atoms with Gasteiger partial charge in [-0.15, -0.1) is 0 Å². The van der Waals surface area contributed by atoms with Gasteiger partial charge in [0.2, 0.25) is 0 Å². The first kappa shape index (κ1) is 12.8. The van der Waals surface area contributed by atoms with Crippen LogP contribution in [0.15, 0.2) is 42.5 Å². The van der Waals surface area contributed by atoms with Gasteiger partial charge in [-0.05, 0) is 34.7 Å². The Hall–Kier alpha value is -0.600. The molecule has 0 nitrogen and oxygen atoms in total. The van der Waals surface area contributed by atoms with Crippen molar-refractivity contribution >= 4 is 31.9 Å². The molecule has 17 heavy (non-hydrogen) atoms. The fraction of sp³-hybridized carbons (Fsp3) is 0.200. The molecule has 0 aliphatic heterocycles. The molecule has 2 rings (SSSR count). The number of hydrogen-bond donors (Lipinski definition) is 0. The minimum absolute atomic E-state index is 0.911. The summed E-state index contributed by atoms with van der Waals surface area (Å²) in [4.78, 5) is 0. The van der Waals surface area contributed by atoms with Crippen LogP contribution in [0, 0.1) is 6.92 Å². The van der Waals surface area contributed by atoms with Crippen molar-refractivity contribution in [2.45, 2.75) is 17.6 Å². The molecule has 0 saturated carbocycles. The summed E-state index contributed by atoms with van der Waals surface area (Å²) >= 11 is 6.95. The molecule has 0 atom stereocenters. The van der Waals surface area contributed by atoms with Crippen LogP contribution in [0.4, 0.5) is 0 Å². The largest absolute Gasteiger partial charge is 0.0876 e. The number of alkyl halides is 2. The number of rotatable bonds is 3. The Bertz CT molecular complexity index is 501. The number of halogens is 2. The molecule has 0 aliphatic carbocycles. The van der Waals surface area contributed by atoms with E-state index in [4.69, 9.17) is 0 Å². The van der Waals surface area contributed by atoms with Crippen molar-refractivity contribution in [3.8, 4) is 11.1 Å². The molecular weight excluding hydrogens is 340 g/mol. The SMILES string of the molecule is Cc1cc(CBr)ccc1-c1ccc(CBr)cc1. The molecule has 0 aliphatic rings. The van der Waals surface area contributed by atoms with Crippen LogP contribution in [0.25, 0.3) is 11.1 Å². The van der Waals surface area contributed by atoms with Gasteiger partial charge in [-0.25, -0.2) is 0 Å². The summed E-state index contributed by atoms with van der Waals surface area (Å²) in [7, 11) is 0. The lowest BCUT2D eigenvalue weighted by Gasteiger charge is -2.08. The molecule has 2 aromatic carbocycles. The highest BCUT2D eigenvalue weighted by Gasteiger charge is 2.02. The third-order valence-electron chi connectivity index (χ3n) is 2.86. The lowest BCUT2D eigenvalue weighted by molar-refractivity contribution is 1.36. The van der Waals surface area contributed by atoms with E-state index in [1.54, 1.807) is 0 Å². The maximum atomic E-state index is 3.49. The summed E-state index contributed by atoms with van der Waals surface area (Å²) in [6.45, 7) is 2.17. The molecular formula is C15H14Br2. The molecule has 0 bridgehead atoms. The molecule has 0 unspecified atom stereocenters. The molecule has 2 heteroatoms. The van der Waals surface area contributed by atoms with Crippen molar-refractivity contribution < 1.29 is 0 Å². The quantitative estimate of drug-likeness (QED) is 0.643. The molecule has 0 spiro atoms. The Morgan fingerprint density at radius 3 is 1.94 bits per heavy atom. The van der Waals surface area contributed by atoms with Crippen LogP contribution < -0.4 is 0 Å². The van der Waals surface area contributed by atoms with Gasteiger partial charge < -0.3 is 0 Å². The van der Waals surface area contributed by atoms with Gasteiger partial charge in [-0.3, -0.25) is 0 Å². The van der Waals surface area contributed by atoms with E-state index in [2.05, 4.69) is 81.2 Å². The molecule has 0 N–H and O–H groups in total. The zero-order chi connectivity index (χ0) is 12.3. The molecule has 0 saturated heterocycles. The van der Waals surface area contributed by atoms with Crippen molar-refractivity contribution in [3.05, 3.63) is 59.2 Å². The summed E-state index contributed by atoms with van der Waals surface area (Å²) in [5.74, 6) is 0. The monoisotopic (exact) mass is 352 g/mol. The van der Waals surface area contributed by atoms with E-state index in [0.29, 0.717) is 0 Å². The molecule has 0 radical (unpaired) electrons. The van der Waals surface area contributed by atoms with Gasteiger partial charge in [-0.2, -0.15) is 0 Å². The maximum absolute atomic E-state index is 3.49. The smallest absolute Gasteiger partial charge is 0.0283 e. The van der Waals surface area contributed by atoms with Crippen LogP contribution in [-0.2, 0) is 10.7 Å². The Kier molecular flexibility index (Phi) is 4.41. The van der Waals surface area contributed by atoms with Gasteiger partial charge in [-0.1, -0.05) is 74.3 Å². The summed E-state index contributed by atoms with van der Waals surface area (Å²) in [6, 6.07) is 15.3. The summed E-state index contributed by atoms with van der Waals surface area (Å²) in [5.41, 5.74) is 6.56. The minimum Gasteiger partial charge on any atom is -0.0876 e. The van der Waals surface area contributed by atoms with E-state index in [-0.39, 0.29) is 0 Å². The van der Waals surface area contributed by atoms with Crippen molar-refractivity contribution in [3.63, 3.8) is 0 Å². The molecule has 0 amide bonds. The zero-order valence-corrected chi connectivity index (χ0v) is 12.9. The fourth-order valence-corrected chi connectivity index (χ4v) is 2.63. The lowest BCUT2D eigenvalue weighted by atomic mass is 9.98. The van der Waals surface area contributed by atoms with E-state index >= 15 is 0 Å². The molecule has 0 heterocycles. The van der Waals surface area contributed by atoms with Gasteiger partial charge in [0.25, 0.3) is 0 Å². The minimum atomic E-state index is 0.911. The fourth-order valence-electron chi connectivity index (χ4n) is 1.91. The van der Waals surface area contributed by atoms with Gasteiger partial charge in [0, 0.05) is 10.7 Å². The van der Waals surface area contributed by atoms with Gasteiger partial charge in [0.05, 0.1) is 0 Å². The number of benzene rings is 2. The standard InChI is InChI=1S/C15H14Br2/c1-11-8-13(10-17)4-7-15(11)14-5-2-12(9-16)3-6-14/h2-8H,9-10H2,1H3. The predicted molar refractivity (Wildman–Crippen MR) is 81.9 cm³/mol. The second kappa shape index (κ2) is 5.83. The third kappa shape index (κ3) is 2.99. The highest BCUT2D eigenvalue weighted by atomic mass is 79.9. The summed E-state index contributed by atoms with van der Waals surface area (Å²) in [5, 5.41) is 1.82. The normalized spacial score (nSPS) is 10.5. The highest BCUT2D eigenvalue weighted by Crippen LogP contribution is 2.25. The van der Waals surface area contributed by atoms with Gasteiger partial charge in [0.1, 0.15) is 0 Å². The third-order valence-corrected chi connectivity index (χ3v) is 4.16. The summed E-state index contributed by atoms with van der Waals surface area (Å²) < 4.78 is 0. The van der Waals surface area contributed by atoms with Crippen LogP contribution >= 0.6 is 31.9 Å². The molecule has 0 fully saturated rings. The molecule has 2 aromatic rings. The summed E-state index contributed by atoms with van der Waals surface area (Å²) in [6.07, 6.45) is 0. The van der Waals surface area contributed by atoms with E-state index in [9.17, 15) is 0 Å². The van der Waals surface area contributed by atoms with Crippen molar-refractivity contribution in [1.29, 1.82) is 0 Å². The van der Waals surface area contributed by atoms with E-state index in [1.807, 2.05) is 0 Å². The Morgan fingerprint density at radius 1 is 0.824 bits per heavy atom. The van der Waals surface area contributed by atoms with Crippen molar-refractivity contribution in [2.24, 2.45) is 0 Å². The average molecular weight is 354 g/mol. The van der Waals surface area contributed by atoms with E-state index in [1.165, 1.54) is 27.8 Å². The van der Waals surface area contributed by atoms with Crippen molar-refractivity contribution in [1.82, 2.24) is 0 Å². The first-order chi connectivity index (χ1) is 8.24. The van der Waals surface area contributed by atoms with Crippen LogP contribution in [-0.4, -0.2) is 0 Å². The van der Waals surface area contributed by atoms with Crippen LogP contribution in [0.2, 0.25) is 0 Å². The second-order valence-corrected chi connectivity index (χ2v) is 5.23. The van der Waals surface area contributed by atoms with Gasteiger partial charge >= 0.3 is 0 Å². The molecule has 88 valence electrons. The zero-order valence-electron chi connectivity index (χ0n) is 9.71. The van der Waals surface area contributed by atoms with Crippen molar-refractivity contribution in [2.75, 3.05) is 0 Å². The topological polar surface area (TPSA) is 0 Å². The lowest BCUT2D eigenvalue weighted by Crippen LogP contribution is -1.87. The number of hydrogen-bond acceptors (Lipinski definition) is 0. The Morgan fingerprint density at radius 2 is 1.41 bits per heavy atom. The van der Waals surface area contributed by atoms with Gasteiger partial charge in [0.15, 0.2) is 0 Å². The van der Waals surface area contributed by atoms with Crippen LogP contribution in [0.1, 0.15) is 16.7 Å². The van der Waals surface area contributed by atoms with Crippen LogP contribution in [0.3, 0.4) is 0 Å². The average Bonchev–Trinajstić information content (AvgIpc) is 2.39. The first-order valence-corrected chi connectivity index (χ1v) is 7.79. The Balaban J connectivity index is 2.38. The Labute approximate surface area is 119 Å². The number of aryl methyl sites for hydroxylation is 1. The maximum Gasteiger partial charge on any atom is 0.0283 e.